The zero-order chi connectivity index (χ0) is 28.9. The first-order valence-electron chi connectivity index (χ1n) is 13.2. The third kappa shape index (κ3) is 4.69. The van der Waals surface area contributed by atoms with Crippen LogP contribution < -0.4 is 0 Å². The van der Waals surface area contributed by atoms with Crippen LogP contribution in [-0.2, 0) is 23.2 Å². The van der Waals surface area contributed by atoms with Gasteiger partial charge in [-0.2, -0.15) is 9.49 Å². The van der Waals surface area contributed by atoms with Crippen molar-refractivity contribution in [2.24, 2.45) is 12.5 Å². The molecule has 0 saturated heterocycles. The Labute approximate surface area is 242 Å². The van der Waals surface area contributed by atoms with E-state index in [2.05, 4.69) is 31.0 Å². The lowest BCUT2D eigenvalue weighted by atomic mass is 9.60. The molecule has 4 aromatic heterocycles. The molecule has 1 fully saturated rings. The number of Topliss-reactive ketones (excluding diaryl/α,β-unsaturated/α-hetero) is 1. The van der Waals surface area contributed by atoms with Crippen molar-refractivity contribution < 1.29 is 13.4 Å². The van der Waals surface area contributed by atoms with E-state index in [4.69, 9.17) is 11.6 Å². The zero-order valence-corrected chi connectivity index (χ0v) is 24.1. The minimum atomic E-state index is -3.02. The summed E-state index contributed by atoms with van der Waals surface area (Å²) in [7, 11) is -1.30. The van der Waals surface area contributed by atoms with Crippen LogP contribution in [0.4, 0.5) is 4.39 Å². The largest absolute Gasteiger partial charge is 0.291 e. The normalized spacial score (nSPS) is 21.6. The highest BCUT2D eigenvalue weighted by Gasteiger charge is 2.51. The Balaban J connectivity index is 1.44. The van der Waals surface area contributed by atoms with Crippen LogP contribution in [0.15, 0.2) is 59.9 Å². The van der Waals surface area contributed by atoms with Crippen LogP contribution in [0.3, 0.4) is 0 Å². The van der Waals surface area contributed by atoms with Crippen molar-refractivity contribution in [1.29, 1.82) is 0 Å². The number of allylic oxidation sites excluding steroid dienone is 1. The summed E-state index contributed by atoms with van der Waals surface area (Å²) in [6.07, 6.45) is 10.2. The molecular formula is C28H28ClFN8O2S. The fourth-order valence-corrected chi connectivity index (χ4v) is 8.00. The molecule has 3 atom stereocenters. The Kier molecular flexibility index (Phi) is 6.87. The monoisotopic (exact) mass is 594 g/mol. The van der Waals surface area contributed by atoms with Crippen LogP contribution in [-0.4, -0.2) is 67.3 Å². The number of aryl methyl sites for hydroxylation is 1. The predicted octanol–water partition coefficient (Wildman–Crippen LogP) is 3.96. The minimum Gasteiger partial charge on any atom is -0.291 e. The van der Waals surface area contributed by atoms with Gasteiger partial charge < -0.3 is 0 Å². The fraction of sp³-hybridized carbons (Fsp3) is 0.321. The molecule has 1 unspecified atom stereocenters. The molecule has 0 amide bonds. The van der Waals surface area contributed by atoms with Crippen LogP contribution in [0.2, 0.25) is 5.02 Å². The number of rotatable bonds is 7. The molecule has 0 aliphatic heterocycles. The molecule has 0 bridgehead atoms. The van der Waals surface area contributed by atoms with Gasteiger partial charge in [0, 0.05) is 30.9 Å². The van der Waals surface area contributed by atoms with Crippen molar-refractivity contribution in [2.75, 3.05) is 6.54 Å². The number of fused-ring (bicyclic) bond motifs is 2. The minimum absolute atomic E-state index is 0.152. The zero-order valence-electron chi connectivity index (χ0n) is 22.6. The summed E-state index contributed by atoms with van der Waals surface area (Å²) < 4.78 is 32.6. The first-order valence-corrected chi connectivity index (χ1v) is 15.2. The average Bonchev–Trinajstić information content (AvgIpc) is 3.58. The number of halogens is 2. The lowest BCUT2D eigenvalue weighted by molar-refractivity contribution is 0.0741. The molecule has 10 nitrogen and oxygen atoms in total. The molecule has 41 heavy (non-hydrogen) atoms. The number of ketones is 1. The lowest BCUT2D eigenvalue weighted by Gasteiger charge is -2.46. The molecule has 1 saturated carbocycles. The van der Waals surface area contributed by atoms with Crippen molar-refractivity contribution in [3.63, 3.8) is 0 Å². The fourth-order valence-electron chi connectivity index (χ4n) is 6.08. The number of hydrogen-bond acceptors (Lipinski definition) is 7. The Morgan fingerprint density at radius 1 is 1.27 bits per heavy atom. The van der Waals surface area contributed by atoms with E-state index in [1.165, 1.54) is 29.5 Å². The van der Waals surface area contributed by atoms with E-state index < -0.39 is 21.1 Å². The maximum atomic E-state index is 14.4. The molecule has 0 spiro atoms. The van der Waals surface area contributed by atoms with E-state index >= 15 is 0 Å². The van der Waals surface area contributed by atoms with Crippen LogP contribution in [0, 0.1) is 11.4 Å². The van der Waals surface area contributed by atoms with Crippen molar-refractivity contribution in [3.8, 4) is 5.69 Å². The average molecular weight is 595 g/mol. The Morgan fingerprint density at radius 2 is 2.10 bits per heavy atom. The summed E-state index contributed by atoms with van der Waals surface area (Å²) in [5, 5.41) is 9.43. The molecule has 6 rings (SSSR count). The van der Waals surface area contributed by atoms with E-state index in [0.717, 1.165) is 16.8 Å². The molecule has 0 aromatic carbocycles. The van der Waals surface area contributed by atoms with Crippen molar-refractivity contribution in [2.45, 2.75) is 43.8 Å². The SMILES string of the molecule is C=S(=O)(c1ncn(C)n1)N(CC)[C@H]1CCC2=Cc3c(cnn3-c3ccc(F)nc3)C[C@]2(C(=O)c2cc(Cl)ccn2)C1. The smallest absolute Gasteiger partial charge is 0.244 e. The number of carbonyl (C=O) groups is 1. The second-order valence-corrected chi connectivity index (χ2v) is 12.9. The molecule has 2 aliphatic rings. The molecular weight excluding hydrogens is 567 g/mol. The van der Waals surface area contributed by atoms with E-state index in [9.17, 15) is 13.4 Å². The van der Waals surface area contributed by atoms with E-state index in [1.807, 2.05) is 17.3 Å². The Hall–Kier alpha value is -3.74. The third-order valence-electron chi connectivity index (χ3n) is 7.94. The van der Waals surface area contributed by atoms with Gasteiger partial charge in [-0.1, -0.05) is 24.1 Å². The quantitative estimate of drug-likeness (QED) is 0.181. The second-order valence-electron chi connectivity index (χ2n) is 10.4. The van der Waals surface area contributed by atoms with Crippen molar-refractivity contribution in [3.05, 3.63) is 82.7 Å². The van der Waals surface area contributed by atoms with Gasteiger partial charge in [-0.15, -0.1) is 5.10 Å². The first-order chi connectivity index (χ1) is 19.6. The molecule has 212 valence electrons. The third-order valence-corrected chi connectivity index (χ3v) is 10.2. The summed E-state index contributed by atoms with van der Waals surface area (Å²) >= 11 is 6.27. The van der Waals surface area contributed by atoms with Crippen molar-refractivity contribution in [1.82, 2.24) is 38.8 Å². The van der Waals surface area contributed by atoms with E-state index in [0.29, 0.717) is 42.9 Å². The Bertz CT molecular complexity index is 1780. The highest BCUT2D eigenvalue weighted by molar-refractivity contribution is 7.98. The number of hydrogen-bond donors (Lipinski definition) is 0. The van der Waals surface area contributed by atoms with Gasteiger partial charge in [0.2, 0.25) is 11.1 Å². The summed E-state index contributed by atoms with van der Waals surface area (Å²) in [4.78, 5) is 26.8. The molecule has 13 heteroatoms. The van der Waals surface area contributed by atoms with Crippen LogP contribution >= 0.6 is 11.6 Å². The summed E-state index contributed by atoms with van der Waals surface area (Å²) in [5.41, 5.74) is 2.53. The number of carbonyl (C=O) groups excluding carboxylic acids is 1. The van der Waals surface area contributed by atoms with Crippen LogP contribution in [0.1, 0.15) is 47.9 Å². The molecule has 4 aromatic rings. The highest BCUT2D eigenvalue weighted by Crippen LogP contribution is 2.51. The van der Waals surface area contributed by atoms with Crippen molar-refractivity contribution >= 4 is 39.0 Å². The van der Waals surface area contributed by atoms with Gasteiger partial charge in [0.1, 0.15) is 12.0 Å². The molecule has 2 aliphatic carbocycles. The highest BCUT2D eigenvalue weighted by atomic mass is 35.5. The summed E-state index contributed by atoms with van der Waals surface area (Å²) in [6.45, 7) is 2.36. The van der Waals surface area contributed by atoms with Gasteiger partial charge in [0.15, 0.2) is 5.78 Å². The standard InChI is InChI=1S/C28H28ClFN8O2S/c1-4-37(41(3,40)27-33-17-36(2)35-27)21-6-5-19-11-24-18(15-34-38(24)22-7-8-25(30)32-16-22)13-28(19,14-21)26(39)23-12-20(29)9-10-31-23/h7-12,15-17,21H,3-6,13-14H2,1-2H3/t21-,28-,41?/m0/s1. The maximum Gasteiger partial charge on any atom is 0.244 e. The summed E-state index contributed by atoms with van der Waals surface area (Å²) in [6, 6.07) is 5.88. The van der Waals surface area contributed by atoms with Gasteiger partial charge >= 0.3 is 0 Å². The molecule has 0 N–H and O–H groups in total. The van der Waals surface area contributed by atoms with E-state index in [-0.39, 0.29) is 22.7 Å². The second kappa shape index (κ2) is 10.3. The number of pyridine rings is 2. The van der Waals surface area contributed by atoms with Gasteiger partial charge in [0.05, 0.1) is 38.9 Å². The predicted molar refractivity (Wildman–Crippen MR) is 154 cm³/mol. The van der Waals surface area contributed by atoms with Gasteiger partial charge in [-0.3, -0.25) is 14.5 Å². The number of nitrogens with zero attached hydrogens (tertiary/aromatic N) is 8. The first kappa shape index (κ1) is 27.4. The topological polar surface area (TPSA) is 112 Å². The van der Waals surface area contributed by atoms with Gasteiger partial charge in [0.25, 0.3) is 0 Å². The van der Waals surface area contributed by atoms with Gasteiger partial charge in [-0.05, 0) is 67.5 Å². The number of aromatic nitrogens is 7. The Morgan fingerprint density at radius 3 is 2.78 bits per heavy atom. The van der Waals surface area contributed by atoms with E-state index in [1.54, 1.807) is 36.1 Å². The van der Waals surface area contributed by atoms with Crippen LogP contribution in [0.5, 0.6) is 0 Å². The van der Waals surface area contributed by atoms with Crippen LogP contribution in [0.25, 0.3) is 11.8 Å². The maximum absolute atomic E-state index is 14.4. The van der Waals surface area contributed by atoms with Gasteiger partial charge in [-0.25, -0.2) is 23.2 Å². The lowest BCUT2D eigenvalue weighted by Crippen LogP contribution is -2.50. The molecule has 4 heterocycles. The molecule has 0 radical (unpaired) electrons. The summed E-state index contributed by atoms with van der Waals surface area (Å²) in [5.74, 6) is 3.33.